The van der Waals surface area contributed by atoms with Gasteiger partial charge in [-0.15, -0.1) is 0 Å². The third kappa shape index (κ3) is 10.7. The molecule has 0 atom stereocenters. The molecule has 0 amide bonds. The minimum atomic E-state index is 0. The fraction of sp³-hybridized carbons (Fsp3) is 0.0556. The van der Waals surface area contributed by atoms with Gasteiger partial charge in [0.15, 0.2) is 0 Å². The number of benzene rings is 6. The quantitative estimate of drug-likeness (QED) is 0.167. The Balaban J connectivity index is 0.000000145. The predicted octanol–water partition coefficient (Wildman–Crippen LogP) is 13.8. The third-order valence-electron chi connectivity index (χ3n) is 9.69. The summed E-state index contributed by atoms with van der Waals surface area (Å²) in [7, 11) is 0. The second kappa shape index (κ2) is 20.7. The maximum atomic E-state index is 4.45. The van der Waals surface area contributed by atoms with E-state index in [1.165, 1.54) is 66.8 Å². The Labute approximate surface area is 362 Å². The van der Waals surface area contributed by atoms with E-state index >= 15 is 0 Å². The normalized spacial score (nSPS) is 10.2. The number of hydrogen-bond donors (Lipinski definition) is 0. The van der Waals surface area contributed by atoms with Crippen LogP contribution in [0.4, 0.5) is 0 Å². The van der Waals surface area contributed by atoms with Crippen LogP contribution in [-0.2, 0) is 0 Å². The average molecular weight is 851 g/mol. The van der Waals surface area contributed by atoms with Crippen molar-refractivity contribution in [2.45, 2.75) is 20.8 Å². The molecule has 3 nitrogen and oxygen atoms in total. The summed E-state index contributed by atoms with van der Waals surface area (Å²) >= 11 is 0. The van der Waals surface area contributed by atoms with E-state index in [9.17, 15) is 0 Å². The van der Waals surface area contributed by atoms with E-state index in [0.717, 1.165) is 17.1 Å². The van der Waals surface area contributed by atoms with E-state index < -0.39 is 0 Å². The van der Waals surface area contributed by atoms with Crippen LogP contribution in [0.3, 0.4) is 0 Å². The fourth-order valence-corrected chi connectivity index (χ4v) is 6.64. The van der Waals surface area contributed by atoms with Crippen LogP contribution >= 0.6 is 0 Å². The molecule has 279 valence electrons. The van der Waals surface area contributed by atoms with E-state index in [2.05, 4.69) is 181 Å². The maximum Gasteiger partial charge on any atom is 0.0708 e. The van der Waals surface area contributed by atoms with Crippen LogP contribution in [0.2, 0.25) is 0 Å². The van der Waals surface area contributed by atoms with Gasteiger partial charge in [-0.3, -0.25) is 15.0 Å². The van der Waals surface area contributed by atoms with Gasteiger partial charge in [-0.2, -0.15) is 0 Å². The van der Waals surface area contributed by atoms with Crippen LogP contribution in [0.25, 0.3) is 67.2 Å². The first-order valence-corrected chi connectivity index (χ1v) is 19.3. The second-order valence-corrected chi connectivity index (χ2v) is 13.9. The topological polar surface area (TPSA) is 38.7 Å². The van der Waals surface area contributed by atoms with Gasteiger partial charge < -0.3 is 0 Å². The van der Waals surface area contributed by atoms with E-state index in [1.807, 2.05) is 73.2 Å². The fourth-order valence-electron chi connectivity index (χ4n) is 6.64. The molecule has 3 heterocycles. The van der Waals surface area contributed by atoms with Crippen LogP contribution in [0.1, 0.15) is 16.7 Å². The Hall–Kier alpha value is -6.36. The summed E-state index contributed by atoms with van der Waals surface area (Å²) < 4.78 is 0. The van der Waals surface area contributed by atoms with Gasteiger partial charge >= 0.3 is 0 Å². The Bertz CT molecular complexity index is 2310. The van der Waals surface area contributed by atoms with Gasteiger partial charge in [-0.25, -0.2) is 0 Å². The minimum Gasteiger partial charge on any atom is -0.256 e. The summed E-state index contributed by atoms with van der Waals surface area (Å²) in [5, 5.41) is 0. The summed E-state index contributed by atoms with van der Waals surface area (Å²) in [5.41, 5.74) is 17.7. The molecule has 0 bridgehead atoms. The monoisotopic (exact) mass is 850 g/mol. The molecular weight excluding hydrogens is 805 g/mol. The SMILES string of the molecule is Cc1ccc(-c2ccccc2-c2ccccn2)cc1.Cc1ccc(-c2ccccc2-c2ccccn2)cc1.Cc1ccc(-c2ccccc2-c2ccccn2)cc1.[In]. The van der Waals surface area contributed by atoms with Crippen molar-refractivity contribution in [3.8, 4) is 67.2 Å². The van der Waals surface area contributed by atoms with Gasteiger partial charge in [0, 0.05) is 61.1 Å². The molecule has 9 rings (SSSR count). The van der Waals surface area contributed by atoms with Crippen molar-refractivity contribution in [3.05, 3.63) is 235 Å². The Morgan fingerprint density at radius 2 is 0.466 bits per heavy atom. The Morgan fingerprint density at radius 1 is 0.241 bits per heavy atom. The van der Waals surface area contributed by atoms with Crippen molar-refractivity contribution < 1.29 is 0 Å². The Kier molecular flexibility index (Phi) is 14.7. The van der Waals surface area contributed by atoms with Gasteiger partial charge in [0.25, 0.3) is 0 Å². The number of nitrogens with zero attached hydrogens (tertiary/aromatic N) is 3. The van der Waals surface area contributed by atoms with Gasteiger partial charge in [0.2, 0.25) is 0 Å². The van der Waals surface area contributed by atoms with Crippen LogP contribution in [0.5, 0.6) is 0 Å². The Morgan fingerprint density at radius 3 is 0.690 bits per heavy atom. The molecule has 3 radical (unpaired) electrons. The molecule has 0 saturated carbocycles. The molecule has 58 heavy (non-hydrogen) atoms. The first kappa shape index (κ1) is 41.3. The molecule has 0 fully saturated rings. The van der Waals surface area contributed by atoms with Crippen molar-refractivity contribution >= 4 is 25.8 Å². The number of hydrogen-bond acceptors (Lipinski definition) is 3. The maximum absolute atomic E-state index is 4.45. The standard InChI is InChI=1S/3C18H15N.In/c3*1-14-9-11-15(12-10-14)16-6-2-3-7-17(16)18-8-4-5-13-19-18;/h3*2-13H,1H3;. The van der Waals surface area contributed by atoms with E-state index in [0.29, 0.717) is 0 Å². The summed E-state index contributed by atoms with van der Waals surface area (Å²) in [5.74, 6) is 0. The zero-order valence-electron chi connectivity index (χ0n) is 33.2. The minimum absolute atomic E-state index is 0. The smallest absolute Gasteiger partial charge is 0.0708 e. The first-order chi connectivity index (χ1) is 28.0. The third-order valence-corrected chi connectivity index (χ3v) is 9.69. The molecule has 0 unspecified atom stereocenters. The molecule has 0 aliphatic heterocycles. The molecule has 4 heteroatoms. The van der Waals surface area contributed by atoms with Crippen molar-refractivity contribution in [2.24, 2.45) is 0 Å². The number of rotatable bonds is 6. The number of pyridine rings is 3. The van der Waals surface area contributed by atoms with E-state index in [-0.39, 0.29) is 25.8 Å². The van der Waals surface area contributed by atoms with E-state index in [4.69, 9.17) is 0 Å². The molecule has 9 aromatic rings. The number of aromatic nitrogens is 3. The van der Waals surface area contributed by atoms with Gasteiger partial charge in [-0.05, 0) is 90.6 Å². The molecule has 0 spiro atoms. The summed E-state index contributed by atoms with van der Waals surface area (Å²) in [6, 6.07) is 69.1. The van der Waals surface area contributed by atoms with Crippen molar-refractivity contribution in [2.75, 3.05) is 0 Å². The largest absolute Gasteiger partial charge is 0.256 e. The molecule has 0 N–H and O–H groups in total. The average Bonchev–Trinajstić information content (AvgIpc) is 3.29. The molecule has 0 aliphatic carbocycles. The molecule has 0 aliphatic rings. The summed E-state index contributed by atoms with van der Waals surface area (Å²) in [6.07, 6.45) is 5.50. The summed E-state index contributed by atoms with van der Waals surface area (Å²) in [6.45, 7) is 6.32. The first-order valence-electron chi connectivity index (χ1n) is 19.3. The van der Waals surface area contributed by atoms with Gasteiger partial charge in [0.1, 0.15) is 0 Å². The van der Waals surface area contributed by atoms with Gasteiger partial charge in [0.05, 0.1) is 17.1 Å². The molecule has 3 aromatic heterocycles. The molecule has 6 aromatic carbocycles. The molecule has 0 saturated heterocycles. The second-order valence-electron chi connectivity index (χ2n) is 13.9. The zero-order valence-corrected chi connectivity index (χ0v) is 36.5. The summed E-state index contributed by atoms with van der Waals surface area (Å²) in [4.78, 5) is 13.4. The van der Waals surface area contributed by atoms with Crippen molar-refractivity contribution in [1.29, 1.82) is 0 Å². The molecular formula is C54H45InN3. The van der Waals surface area contributed by atoms with Crippen LogP contribution < -0.4 is 0 Å². The van der Waals surface area contributed by atoms with Crippen molar-refractivity contribution in [1.82, 2.24) is 15.0 Å². The zero-order chi connectivity index (χ0) is 39.2. The van der Waals surface area contributed by atoms with Crippen LogP contribution in [0.15, 0.2) is 219 Å². The predicted molar refractivity (Wildman–Crippen MR) is 245 cm³/mol. The van der Waals surface area contributed by atoms with Crippen molar-refractivity contribution in [3.63, 3.8) is 0 Å². The van der Waals surface area contributed by atoms with Crippen LogP contribution in [-0.4, -0.2) is 40.8 Å². The van der Waals surface area contributed by atoms with Gasteiger partial charge in [-0.1, -0.05) is 180 Å². The van der Waals surface area contributed by atoms with Crippen LogP contribution in [0, 0.1) is 20.8 Å². The van der Waals surface area contributed by atoms with E-state index in [1.54, 1.807) is 0 Å². The number of aryl methyl sites for hydroxylation is 3.